The van der Waals surface area contributed by atoms with Crippen molar-refractivity contribution in [3.05, 3.63) is 152 Å². The summed E-state index contributed by atoms with van der Waals surface area (Å²) in [5, 5.41) is 2.30. The fourth-order valence-corrected chi connectivity index (χ4v) is 5.51. The molecule has 5 heteroatoms. The number of fused-ring (bicyclic) bond motifs is 2. The van der Waals surface area contributed by atoms with Crippen LogP contribution in [0.3, 0.4) is 0 Å². The SMILES string of the molecule is c1ccc(-c2nc(-c3ccccc3)nc(-c3cc(-c4ccc(-c5cn6ccccc6n5)cc4)c4ccccc4c3)n2)cc1. The van der Waals surface area contributed by atoms with Crippen LogP contribution in [0.25, 0.3) is 73.0 Å². The van der Waals surface area contributed by atoms with Crippen LogP contribution in [-0.2, 0) is 0 Å². The maximum absolute atomic E-state index is 4.98. The number of hydrogen-bond acceptors (Lipinski definition) is 4. The second-order valence-corrected chi connectivity index (χ2v) is 10.5. The van der Waals surface area contributed by atoms with E-state index >= 15 is 0 Å². The number of pyridine rings is 1. The molecule has 8 aromatic rings. The Labute approximate surface area is 248 Å². The van der Waals surface area contributed by atoms with Crippen LogP contribution in [-0.4, -0.2) is 24.3 Å². The lowest BCUT2D eigenvalue weighted by atomic mass is 9.94. The van der Waals surface area contributed by atoms with Gasteiger partial charge in [-0.2, -0.15) is 0 Å². The van der Waals surface area contributed by atoms with Gasteiger partial charge in [0.1, 0.15) is 5.65 Å². The normalized spacial score (nSPS) is 11.3. The summed E-state index contributed by atoms with van der Waals surface area (Å²) >= 11 is 0. The average molecular weight is 552 g/mol. The van der Waals surface area contributed by atoms with Gasteiger partial charge in [-0.3, -0.25) is 0 Å². The molecule has 8 rings (SSSR count). The van der Waals surface area contributed by atoms with Crippen molar-refractivity contribution in [2.45, 2.75) is 0 Å². The van der Waals surface area contributed by atoms with Crippen LogP contribution < -0.4 is 0 Å². The van der Waals surface area contributed by atoms with Crippen molar-refractivity contribution >= 4 is 16.4 Å². The van der Waals surface area contributed by atoms with Crippen LogP contribution in [0.4, 0.5) is 0 Å². The molecule has 0 saturated heterocycles. The minimum Gasteiger partial charge on any atom is -0.306 e. The van der Waals surface area contributed by atoms with Gasteiger partial charge in [-0.05, 0) is 46.2 Å². The Morgan fingerprint density at radius 3 is 1.67 bits per heavy atom. The molecular formula is C38H25N5. The molecule has 0 N–H and O–H groups in total. The van der Waals surface area contributed by atoms with Crippen LogP contribution in [0.5, 0.6) is 0 Å². The van der Waals surface area contributed by atoms with E-state index in [1.807, 2.05) is 89.5 Å². The minimum absolute atomic E-state index is 0.640. The van der Waals surface area contributed by atoms with Crippen molar-refractivity contribution in [2.75, 3.05) is 0 Å². The van der Waals surface area contributed by atoms with Crippen LogP contribution in [0, 0.1) is 0 Å². The molecule has 0 aliphatic heterocycles. The number of aromatic nitrogens is 5. The number of hydrogen-bond donors (Lipinski definition) is 0. The van der Waals surface area contributed by atoms with E-state index in [4.69, 9.17) is 19.9 Å². The smallest absolute Gasteiger partial charge is 0.164 e. The zero-order valence-corrected chi connectivity index (χ0v) is 23.2. The van der Waals surface area contributed by atoms with Gasteiger partial charge in [0.2, 0.25) is 0 Å². The Morgan fingerprint density at radius 2 is 1.00 bits per heavy atom. The third kappa shape index (κ3) is 4.73. The highest BCUT2D eigenvalue weighted by Gasteiger charge is 2.15. The molecule has 0 aliphatic rings. The maximum atomic E-state index is 4.98. The Hall–Kier alpha value is -5.94. The summed E-state index contributed by atoms with van der Waals surface area (Å²) in [6, 6.07) is 47.6. The van der Waals surface area contributed by atoms with Gasteiger partial charge >= 0.3 is 0 Å². The average Bonchev–Trinajstić information content (AvgIpc) is 3.53. The molecule has 202 valence electrons. The third-order valence-corrected chi connectivity index (χ3v) is 7.68. The zero-order valence-electron chi connectivity index (χ0n) is 23.2. The van der Waals surface area contributed by atoms with E-state index < -0.39 is 0 Å². The fourth-order valence-electron chi connectivity index (χ4n) is 5.51. The number of nitrogens with zero attached hydrogens (tertiary/aromatic N) is 5. The summed E-state index contributed by atoms with van der Waals surface area (Å²) in [7, 11) is 0. The highest BCUT2D eigenvalue weighted by molar-refractivity contribution is 6.00. The molecule has 3 aromatic heterocycles. The van der Waals surface area contributed by atoms with Gasteiger partial charge in [0, 0.05) is 34.6 Å². The van der Waals surface area contributed by atoms with Crippen LogP contribution >= 0.6 is 0 Å². The molecule has 0 amide bonds. The topological polar surface area (TPSA) is 56.0 Å². The van der Waals surface area contributed by atoms with E-state index in [-0.39, 0.29) is 0 Å². The lowest BCUT2D eigenvalue weighted by molar-refractivity contribution is 1.07. The van der Waals surface area contributed by atoms with E-state index in [0.29, 0.717) is 17.5 Å². The standard InChI is InChI=1S/C38H25N5/c1-3-11-28(12-4-1)36-40-37(29-13-5-2-6-14-29)42-38(41-36)31-23-30-15-7-8-16-32(30)33(24-31)26-18-20-27(21-19-26)34-25-43-22-10-9-17-35(43)39-34/h1-25H. The van der Waals surface area contributed by atoms with E-state index in [1.165, 1.54) is 5.39 Å². The Bertz CT molecular complexity index is 2130. The molecule has 0 aliphatic carbocycles. The highest BCUT2D eigenvalue weighted by Crippen LogP contribution is 2.35. The Kier molecular flexibility index (Phi) is 6.05. The molecule has 0 unspecified atom stereocenters. The van der Waals surface area contributed by atoms with Crippen LogP contribution in [0.1, 0.15) is 0 Å². The molecule has 5 aromatic carbocycles. The van der Waals surface area contributed by atoms with Gasteiger partial charge in [0.05, 0.1) is 5.69 Å². The van der Waals surface area contributed by atoms with E-state index in [1.54, 1.807) is 0 Å². The molecular weight excluding hydrogens is 526 g/mol. The minimum atomic E-state index is 0.640. The van der Waals surface area contributed by atoms with Crippen LogP contribution in [0.15, 0.2) is 152 Å². The summed E-state index contributed by atoms with van der Waals surface area (Å²) in [5.41, 5.74) is 8.04. The maximum Gasteiger partial charge on any atom is 0.164 e. The molecule has 0 atom stereocenters. The Balaban J connectivity index is 1.27. The Morgan fingerprint density at radius 1 is 0.419 bits per heavy atom. The molecule has 0 saturated carbocycles. The van der Waals surface area contributed by atoms with Crippen molar-refractivity contribution in [1.29, 1.82) is 0 Å². The summed E-state index contributed by atoms with van der Waals surface area (Å²) in [5.74, 6) is 1.94. The molecule has 3 heterocycles. The van der Waals surface area contributed by atoms with Crippen molar-refractivity contribution < 1.29 is 0 Å². The van der Waals surface area contributed by atoms with Gasteiger partial charge in [-0.15, -0.1) is 0 Å². The predicted octanol–water partition coefficient (Wildman–Crippen LogP) is 9.01. The molecule has 5 nitrogen and oxygen atoms in total. The van der Waals surface area contributed by atoms with Gasteiger partial charge < -0.3 is 4.40 Å². The lowest BCUT2D eigenvalue weighted by Gasteiger charge is -2.13. The molecule has 0 radical (unpaired) electrons. The lowest BCUT2D eigenvalue weighted by Crippen LogP contribution is -2.00. The second-order valence-electron chi connectivity index (χ2n) is 10.5. The summed E-state index contributed by atoms with van der Waals surface area (Å²) in [6.45, 7) is 0. The second kappa shape index (κ2) is 10.5. The van der Waals surface area contributed by atoms with Crippen molar-refractivity contribution in [2.24, 2.45) is 0 Å². The molecule has 0 fully saturated rings. The highest BCUT2D eigenvalue weighted by atomic mass is 15.0. The van der Waals surface area contributed by atoms with Crippen molar-refractivity contribution in [3.63, 3.8) is 0 Å². The monoisotopic (exact) mass is 551 g/mol. The zero-order chi connectivity index (χ0) is 28.6. The fraction of sp³-hybridized carbons (Fsp3) is 0. The molecule has 43 heavy (non-hydrogen) atoms. The van der Waals surface area contributed by atoms with E-state index in [9.17, 15) is 0 Å². The van der Waals surface area contributed by atoms with Crippen molar-refractivity contribution in [3.8, 4) is 56.5 Å². The van der Waals surface area contributed by atoms with Crippen molar-refractivity contribution in [1.82, 2.24) is 24.3 Å². The number of rotatable bonds is 5. The predicted molar refractivity (Wildman–Crippen MR) is 173 cm³/mol. The number of imidazole rings is 1. The van der Waals surface area contributed by atoms with Gasteiger partial charge in [-0.1, -0.05) is 115 Å². The first-order valence-electron chi connectivity index (χ1n) is 14.2. The number of benzene rings is 5. The first kappa shape index (κ1) is 24.8. The van der Waals surface area contributed by atoms with Gasteiger partial charge in [0.25, 0.3) is 0 Å². The summed E-state index contributed by atoms with van der Waals surface area (Å²) < 4.78 is 2.04. The summed E-state index contributed by atoms with van der Waals surface area (Å²) in [4.78, 5) is 19.6. The van der Waals surface area contributed by atoms with Crippen LogP contribution in [0.2, 0.25) is 0 Å². The largest absolute Gasteiger partial charge is 0.306 e. The first-order chi connectivity index (χ1) is 21.3. The van der Waals surface area contributed by atoms with E-state index in [0.717, 1.165) is 50.1 Å². The molecule has 0 spiro atoms. The van der Waals surface area contributed by atoms with Gasteiger partial charge in [0.15, 0.2) is 17.5 Å². The third-order valence-electron chi connectivity index (χ3n) is 7.68. The first-order valence-corrected chi connectivity index (χ1v) is 14.2. The quantitative estimate of drug-likeness (QED) is 0.214. The molecule has 0 bridgehead atoms. The summed E-state index contributed by atoms with van der Waals surface area (Å²) in [6.07, 6.45) is 4.08. The van der Waals surface area contributed by atoms with E-state index in [2.05, 4.69) is 66.9 Å². The van der Waals surface area contributed by atoms with Gasteiger partial charge in [-0.25, -0.2) is 19.9 Å².